The quantitative estimate of drug-likeness (QED) is 0.622. The summed E-state index contributed by atoms with van der Waals surface area (Å²) in [4.78, 5) is 23.3. The van der Waals surface area contributed by atoms with Gasteiger partial charge in [-0.05, 0) is 36.5 Å². The van der Waals surface area contributed by atoms with Gasteiger partial charge in [-0.1, -0.05) is 12.1 Å². The number of ether oxygens (including phenoxy) is 2. The van der Waals surface area contributed by atoms with E-state index in [4.69, 9.17) is 4.74 Å². The topological polar surface area (TPSA) is 98.8 Å². The van der Waals surface area contributed by atoms with Crippen LogP contribution in [0.15, 0.2) is 24.3 Å². The molecule has 7 nitrogen and oxygen atoms in total. The first-order chi connectivity index (χ1) is 12.7. The van der Waals surface area contributed by atoms with Crippen LogP contribution in [0.25, 0.3) is 0 Å². The van der Waals surface area contributed by atoms with E-state index in [-0.39, 0.29) is 36.1 Å². The van der Waals surface area contributed by atoms with Gasteiger partial charge in [0.1, 0.15) is 5.75 Å². The average molecular weight is 405 g/mol. The number of halogens is 2. The standard InChI is InChI=1S/C17H21F2NO6S/c18-17(19)26-14-3-1-12(2-4-14)5-7-20-15(21)10-25-16(22)9-13-6-8-27(23,24)11-13/h1-4,13,17H,5-11H2,(H,20,21)/t13-/m0/s1. The van der Waals surface area contributed by atoms with Crippen molar-refractivity contribution in [1.29, 1.82) is 0 Å². The SMILES string of the molecule is O=C(COC(=O)C[C@@H]1CCS(=O)(=O)C1)NCCc1ccc(OC(F)F)cc1. The van der Waals surface area contributed by atoms with Crippen LogP contribution in [0.1, 0.15) is 18.4 Å². The van der Waals surface area contributed by atoms with Crippen LogP contribution in [0.4, 0.5) is 8.78 Å². The molecule has 0 aliphatic carbocycles. The van der Waals surface area contributed by atoms with E-state index in [1.807, 2.05) is 0 Å². The zero-order chi connectivity index (χ0) is 19.9. The van der Waals surface area contributed by atoms with Crippen molar-refractivity contribution in [2.75, 3.05) is 24.7 Å². The van der Waals surface area contributed by atoms with E-state index in [0.717, 1.165) is 5.56 Å². The van der Waals surface area contributed by atoms with Crippen molar-refractivity contribution in [3.05, 3.63) is 29.8 Å². The van der Waals surface area contributed by atoms with E-state index in [1.54, 1.807) is 12.1 Å². The smallest absolute Gasteiger partial charge is 0.387 e. The maximum Gasteiger partial charge on any atom is 0.387 e. The molecule has 1 aliphatic heterocycles. The van der Waals surface area contributed by atoms with Crippen LogP contribution in [0.2, 0.25) is 0 Å². The molecule has 150 valence electrons. The van der Waals surface area contributed by atoms with Crippen LogP contribution < -0.4 is 10.1 Å². The molecule has 0 unspecified atom stereocenters. The Morgan fingerprint density at radius 1 is 1.22 bits per heavy atom. The molecule has 1 aromatic carbocycles. The van der Waals surface area contributed by atoms with Gasteiger partial charge in [0, 0.05) is 13.0 Å². The number of hydrogen-bond donors (Lipinski definition) is 1. The highest BCUT2D eigenvalue weighted by molar-refractivity contribution is 7.91. The molecule has 1 N–H and O–H groups in total. The highest BCUT2D eigenvalue weighted by Crippen LogP contribution is 2.21. The Hall–Kier alpha value is -2.23. The van der Waals surface area contributed by atoms with E-state index in [9.17, 15) is 26.8 Å². The largest absolute Gasteiger partial charge is 0.456 e. The minimum Gasteiger partial charge on any atom is -0.456 e. The molecule has 1 amide bonds. The summed E-state index contributed by atoms with van der Waals surface area (Å²) in [6, 6.07) is 6.04. The Labute approximate surface area is 155 Å². The second kappa shape index (κ2) is 9.63. The van der Waals surface area contributed by atoms with E-state index in [2.05, 4.69) is 10.1 Å². The van der Waals surface area contributed by atoms with Crippen molar-refractivity contribution in [1.82, 2.24) is 5.32 Å². The molecule has 1 heterocycles. The van der Waals surface area contributed by atoms with Crippen LogP contribution in [0.5, 0.6) is 5.75 Å². The molecule has 0 aromatic heterocycles. The number of alkyl halides is 2. The van der Waals surface area contributed by atoms with Gasteiger partial charge in [-0.2, -0.15) is 8.78 Å². The molecule has 0 bridgehead atoms. The molecule has 2 rings (SSSR count). The number of sulfone groups is 1. The molecule has 0 radical (unpaired) electrons. The summed E-state index contributed by atoms with van der Waals surface area (Å²) in [6.45, 7) is -3.03. The first-order valence-electron chi connectivity index (χ1n) is 8.40. The van der Waals surface area contributed by atoms with Gasteiger partial charge in [0.05, 0.1) is 11.5 Å². The Balaban J connectivity index is 1.61. The van der Waals surface area contributed by atoms with Gasteiger partial charge in [-0.25, -0.2) is 8.42 Å². The summed E-state index contributed by atoms with van der Waals surface area (Å²) < 4.78 is 55.9. The van der Waals surface area contributed by atoms with Gasteiger partial charge in [0.15, 0.2) is 16.4 Å². The molecule has 1 atom stereocenters. The van der Waals surface area contributed by atoms with Crippen molar-refractivity contribution >= 4 is 21.7 Å². The third-order valence-corrected chi connectivity index (χ3v) is 5.87. The van der Waals surface area contributed by atoms with E-state index in [0.29, 0.717) is 12.8 Å². The lowest BCUT2D eigenvalue weighted by Crippen LogP contribution is -2.30. The highest BCUT2D eigenvalue weighted by Gasteiger charge is 2.29. The summed E-state index contributed by atoms with van der Waals surface area (Å²) in [5, 5.41) is 2.58. The second-order valence-electron chi connectivity index (χ2n) is 6.26. The fourth-order valence-corrected chi connectivity index (χ4v) is 4.57. The number of esters is 1. The number of amides is 1. The lowest BCUT2D eigenvalue weighted by Gasteiger charge is -2.09. The molecule has 1 aromatic rings. The molecule has 1 saturated heterocycles. The molecule has 0 saturated carbocycles. The summed E-state index contributed by atoms with van der Waals surface area (Å²) in [5.74, 6) is -1.19. The third kappa shape index (κ3) is 7.90. The number of benzene rings is 1. The Bertz CT molecular complexity index is 751. The van der Waals surface area contributed by atoms with Gasteiger partial charge < -0.3 is 14.8 Å². The van der Waals surface area contributed by atoms with Crippen LogP contribution in [0.3, 0.4) is 0 Å². The monoisotopic (exact) mass is 405 g/mol. The lowest BCUT2D eigenvalue weighted by molar-refractivity contribution is -0.149. The van der Waals surface area contributed by atoms with Gasteiger partial charge in [-0.3, -0.25) is 9.59 Å². The summed E-state index contributed by atoms with van der Waals surface area (Å²) in [7, 11) is -3.05. The third-order valence-electron chi connectivity index (χ3n) is 4.03. The van der Waals surface area contributed by atoms with Crippen molar-refractivity contribution < 1.29 is 36.3 Å². The molecular weight excluding hydrogens is 384 g/mol. The lowest BCUT2D eigenvalue weighted by atomic mass is 10.1. The minimum atomic E-state index is -3.05. The second-order valence-corrected chi connectivity index (χ2v) is 8.48. The number of hydrogen-bond acceptors (Lipinski definition) is 6. The highest BCUT2D eigenvalue weighted by atomic mass is 32.2. The zero-order valence-electron chi connectivity index (χ0n) is 14.5. The molecule has 1 fully saturated rings. The number of rotatable bonds is 9. The fraction of sp³-hybridized carbons (Fsp3) is 0.529. The first-order valence-corrected chi connectivity index (χ1v) is 10.2. The van der Waals surface area contributed by atoms with Crippen molar-refractivity contribution in [3.63, 3.8) is 0 Å². The van der Waals surface area contributed by atoms with Crippen molar-refractivity contribution in [2.45, 2.75) is 25.9 Å². The summed E-state index contributed by atoms with van der Waals surface area (Å²) in [6.07, 6.45) is 0.888. The number of carbonyl (C=O) groups excluding carboxylic acids is 2. The zero-order valence-corrected chi connectivity index (χ0v) is 15.3. The fourth-order valence-electron chi connectivity index (χ4n) is 2.71. The van der Waals surface area contributed by atoms with Crippen LogP contribution in [-0.2, 0) is 30.6 Å². The van der Waals surface area contributed by atoms with Crippen LogP contribution >= 0.6 is 0 Å². The predicted octanol–water partition coefficient (Wildman–Crippen LogP) is 1.31. The molecule has 27 heavy (non-hydrogen) atoms. The summed E-state index contributed by atoms with van der Waals surface area (Å²) in [5.41, 5.74) is 0.816. The number of carbonyl (C=O) groups is 2. The molecule has 0 spiro atoms. The average Bonchev–Trinajstić information content (AvgIpc) is 2.92. The predicted molar refractivity (Wildman–Crippen MR) is 92.1 cm³/mol. The van der Waals surface area contributed by atoms with Gasteiger partial charge >= 0.3 is 12.6 Å². The molecular formula is C17H21F2NO6S. The normalized spacial score (nSPS) is 18.3. The van der Waals surface area contributed by atoms with Crippen molar-refractivity contribution in [2.24, 2.45) is 5.92 Å². The van der Waals surface area contributed by atoms with Crippen molar-refractivity contribution in [3.8, 4) is 5.75 Å². The Kier molecular flexibility index (Phi) is 7.52. The minimum absolute atomic E-state index is 0.0143. The van der Waals surface area contributed by atoms with Crippen LogP contribution in [0, 0.1) is 5.92 Å². The van der Waals surface area contributed by atoms with E-state index >= 15 is 0 Å². The maximum absolute atomic E-state index is 12.1. The van der Waals surface area contributed by atoms with E-state index < -0.39 is 34.9 Å². The number of nitrogens with one attached hydrogen (secondary N) is 1. The Morgan fingerprint density at radius 3 is 2.52 bits per heavy atom. The molecule has 1 aliphatic rings. The maximum atomic E-state index is 12.1. The first kappa shape index (κ1) is 21.1. The van der Waals surface area contributed by atoms with Crippen LogP contribution in [-0.4, -0.2) is 51.6 Å². The summed E-state index contributed by atoms with van der Waals surface area (Å²) >= 11 is 0. The van der Waals surface area contributed by atoms with Gasteiger partial charge in [-0.15, -0.1) is 0 Å². The van der Waals surface area contributed by atoms with Gasteiger partial charge in [0.25, 0.3) is 5.91 Å². The molecule has 10 heteroatoms. The van der Waals surface area contributed by atoms with Gasteiger partial charge in [0.2, 0.25) is 0 Å². The Morgan fingerprint density at radius 2 is 1.93 bits per heavy atom. The van der Waals surface area contributed by atoms with E-state index in [1.165, 1.54) is 12.1 Å².